The number of anilines is 1. The number of rotatable bonds is 5. The SMILES string of the molecule is Cc1ccnc(-c2ccc(NC(=O)COC(C)C)cc2)n1. The first-order valence-corrected chi connectivity index (χ1v) is 6.86. The van der Waals surface area contributed by atoms with Gasteiger partial charge in [0.2, 0.25) is 5.91 Å². The summed E-state index contributed by atoms with van der Waals surface area (Å²) in [6, 6.07) is 9.27. The summed E-state index contributed by atoms with van der Waals surface area (Å²) in [5.74, 6) is 0.513. The minimum absolute atomic E-state index is 0.0385. The van der Waals surface area contributed by atoms with Crippen LogP contribution in [0.2, 0.25) is 0 Å². The Labute approximate surface area is 124 Å². The first-order valence-electron chi connectivity index (χ1n) is 6.86. The molecule has 1 aromatic heterocycles. The second kappa shape index (κ2) is 6.95. The predicted molar refractivity (Wildman–Crippen MR) is 81.9 cm³/mol. The molecule has 0 aliphatic rings. The second-order valence-electron chi connectivity index (χ2n) is 5.01. The summed E-state index contributed by atoms with van der Waals surface area (Å²) < 4.78 is 5.25. The Morgan fingerprint density at radius 2 is 1.95 bits per heavy atom. The average molecular weight is 285 g/mol. The first-order chi connectivity index (χ1) is 10.0. The number of hydrogen-bond donors (Lipinski definition) is 1. The molecule has 0 saturated carbocycles. The molecule has 2 rings (SSSR count). The zero-order chi connectivity index (χ0) is 15.2. The molecule has 1 aromatic carbocycles. The van der Waals surface area contributed by atoms with Crippen molar-refractivity contribution in [1.82, 2.24) is 9.97 Å². The van der Waals surface area contributed by atoms with E-state index in [1.54, 1.807) is 6.20 Å². The number of nitrogens with one attached hydrogen (secondary N) is 1. The molecule has 0 unspecified atom stereocenters. The number of carbonyl (C=O) groups is 1. The zero-order valence-electron chi connectivity index (χ0n) is 12.5. The number of aryl methyl sites for hydroxylation is 1. The Hall–Kier alpha value is -2.27. The minimum atomic E-state index is -0.164. The molecular formula is C16H19N3O2. The molecule has 110 valence electrons. The molecule has 1 heterocycles. The van der Waals surface area contributed by atoms with Gasteiger partial charge in [-0.25, -0.2) is 9.97 Å². The molecule has 5 nitrogen and oxygen atoms in total. The van der Waals surface area contributed by atoms with Crippen LogP contribution in [0.1, 0.15) is 19.5 Å². The lowest BCUT2D eigenvalue weighted by atomic mass is 10.2. The molecule has 0 fully saturated rings. The van der Waals surface area contributed by atoms with E-state index in [9.17, 15) is 4.79 Å². The highest BCUT2D eigenvalue weighted by Gasteiger charge is 2.05. The molecule has 0 aliphatic carbocycles. The summed E-state index contributed by atoms with van der Waals surface area (Å²) in [4.78, 5) is 20.3. The summed E-state index contributed by atoms with van der Waals surface area (Å²) in [5.41, 5.74) is 2.56. The van der Waals surface area contributed by atoms with E-state index in [1.807, 2.05) is 51.1 Å². The standard InChI is InChI=1S/C16H19N3O2/c1-11(2)21-10-15(20)19-14-6-4-13(5-7-14)16-17-9-8-12(3)18-16/h4-9,11H,10H2,1-3H3,(H,19,20). The van der Waals surface area contributed by atoms with Crippen molar-refractivity contribution in [1.29, 1.82) is 0 Å². The Morgan fingerprint density at radius 3 is 2.57 bits per heavy atom. The van der Waals surface area contributed by atoms with E-state index in [0.29, 0.717) is 5.82 Å². The van der Waals surface area contributed by atoms with Crippen molar-refractivity contribution in [3.63, 3.8) is 0 Å². The van der Waals surface area contributed by atoms with E-state index in [0.717, 1.165) is 16.9 Å². The van der Waals surface area contributed by atoms with Gasteiger partial charge in [0.15, 0.2) is 5.82 Å². The van der Waals surface area contributed by atoms with Crippen molar-refractivity contribution < 1.29 is 9.53 Å². The fourth-order valence-electron chi connectivity index (χ4n) is 1.73. The molecule has 0 aliphatic heterocycles. The fourth-order valence-corrected chi connectivity index (χ4v) is 1.73. The van der Waals surface area contributed by atoms with E-state index in [-0.39, 0.29) is 18.6 Å². The highest BCUT2D eigenvalue weighted by Crippen LogP contribution is 2.17. The Morgan fingerprint density at radius 1 is 1.24 bits per heavy atom. The van der Waals surface area contributed by atoms with Crippen LogP contribution in [0.5, 0.6) is 0 Å². The predicted octanol–water partition coefficient (Wildman–Crippen LogP) is 2.82. The summed E-state index contributed by atoms with van der Waals surface area (Å²) in [6.45, 7) is 5.77. The van der Waals surface area contributed by atoms with Crippen molar-refractivity contribution in [2.45, 2.75) is 26.9 Å². The van der Waals surface area contributed by atoms with Crippen molar-refractivity contribution in [2.75, 3.05) is 11.9 Å². The number of ether oxygens (including phenoxy) is 1. The van der Waals surface area contributed by atoms with Gasteiger partial charge in [-0.2, -0.15) is 0 Å². The van der Waals surface area contributed by atoms with Gasteiger partial charge in [-0.3, -0.25) is 4.79 Å². The molecule has 0 radical (unpaired) electrons. The topological polar surface area (TPSA) is 64.1 Å². The summed E-state index contributed by atoms with van der Waals surface area (Å²) in [6.07, 6.45) is 1.77. The summed E-state index contributed by atoms with van der Waals surface area (Å²) in [5, 5.41) is 2.78. The Bertz CT molecular complexity index is 609. The molecule has 0 atom stereocenters. The normalized spacial score (nSPS) is 10.7. The number of benzene rings is 1. The second-order valence-corrected chi connectivity index (χ2v) is 5.01. The van der Waals surface area contributed by atoms with Gasteiger partial charge in [0.25, 0.3) is 0 Å². The van der Waals surface area contributed by atoms with Gasteiger partial charge in [0.05, 0.1) is 6.10 Å². The Kier molecular flexibility index (Phi) is 5.00. The smallest absolute Gasteiger partial charge is 0.250 e. The molecule has 0 spiro atoms. The van der Waals surface area contributed by atoms with E-state index < -0.39 is 0 Å². The van der Waals surface area contributed by atoms with Crippen molar-refractivity contribution in [3.05, 3.63) is 42.2 Å². The third-order valence-electron chi connectivity index (χ3n) is 2.77. The van der Waals surface area contributed by atoms with E-state index in [2.05, 4.69) is 15.3 Å². The molecule has 1 amide bonds. The maximum absolute atomic E-state index is 11.7. The van der Waals surface area contributed by atoms with Gasteiger partial charge < -0.3 is 10.1 Å². The van der Waals surface area contributed by atoms with E-state index >= 15 is 0 Å². The number of hydrogen-bond acceptors (Lipinski definition) is 4. The van der Waals surface area contributed by atoms with Gasteiger partial charge >= 0.3 is 0 Å². The van der Waals surface area contributed by atoms with Gasteiger partial charge in [0, 0.05) is 23.1 Å². The number of nitrogens with zero attached hydrogens (tertiary/aromatic N) is 2. The Balaban J connectivity index is 2.00. The van der Waals surface area contributed by atoms with Gasteiger partial charge in [0.1, 0.15) is 6.61 Å². The lowest BCUT2D eigenvalue weighted by Gasteiger charge is -2.09. The third-order valence-corrected chi connectivity index (χ3v) is 2.77. The van der Waals surface area contributed by atoms with Crippen molar-refractivity contribution >= 4 is 11.6 Å². The van der Waals surface area contributed by atoms with Crippen LogP contribution in [0.4, 0.5) is 5.69 Å². The van der Waals surface area contributed by atoms with Crippen molar-refractivity contribution in [2.24, 2.45) is 0 Å². The number of aromatic nitrogens is 2. The largest absolute Gasteiger partial charge is 0.369 e. The fraction of sp³-hybridized carbons (Fsp3) is 0.312. The summed E-state index contributed by atoms with van der Waals surface area (Å²) in [7, 11) is 0. The van der Waals surface area contributed by atoms with Crippen LogP contribution in [0.15, 0.2) is 36.5 Å². The monoisotopic (exact) mass is 285 g/mol. The first kappa shape index (κ1) is 15.1. The van der Waals surface area contributed by atoms with Gasteiger partial charge in [-0.05, 0) is 51.1 Å². The lowest BCUT2D eigenvalue weighted by Crippen LogP contribution is -2.20. The van der Waals surface area contributed by atoms with Crippen molar-refractivity contribution in [3.8, 4) is 11.4 Å². The van der Waals surface area contributed by atoms with Crippen LogP contribution in [-0.2, 0) is 9.53 Å². The molecular weight excluding hydrogens is 266 g/mol. The number of amides is 1. The summed E-state index contributed by atoms with van der Waals surface area (Å²) >= 11 is 0. The quantitative estimate of drug-likeness (QED) is 0.917. The maximum Gasteiger partial charge on any atom is 0.250 e. The van der Waals surface area contributed by atoms with Gasteiger partial charge in [-0.1, -0.05) is 0 Å². The van der Waals surface area contributed by atoms with Crippen LogP contribution in [-0.4, -0.2) is 28.6 Å². The van der Waals surface area contributed by atoms with E-state index in [1.165, 1.54) is 0 Å². The molecule has 0 saturated heterocycles. The molecule has 0 bridgehead atoms. The average Bonchev–Trinajstić information content (AvgIpc) is 2.46. The third kappa shape index (κ3) is 4.65. The highest BCUT2D eigenvalue weighted by molar-refractivity contribution is 5.91. The maximum atomic E-state index is 11.7. The molecule has 1 N–H and O–H groups in total. The number of carbonyl (C=O) groups excluding carboxylic acids is 1. The highest BCUT2D eigenvalue weighted by atomic mass is 16.5. The lowest BCUT2D eigenvalue weighted by molar-refractivity contribution is -0.121. The van der Waals surface area contributed by atoms with Crippen LogP contribution in [0.3, 0.4) is 0 Å². The molecule has 2 aromatic rings. The van der Waals surface area contributed by atoms with Crippen LogP contribution in [0.25, 0.3) is 11.4 Å². The molecule has 21 heavy (non-hydrogen) atoms. The van der Waals surface area contributed by atoms with Crippen LogP contribution in [0, 0.1) is 6.92 Å². The van der Waals surface area contributed by atoms with Crippen LogP contribution < -0.4 is 5.32 Å². The zero-order valence-corrected chi connectivity index (χ0v) is 12.5. The van der Waals surface area contributed by atoms with E-state index in [4.69, 9.17) is 4.74 Å². The van der Waals surface area contributed by atoms with Crippen LogP contribution >= 0.6 is 0 Å². The molecule has 5 heteroatoms. The minimum Gasteiger partial charge on any atom is -0.369 e. The van der Waals surface area contributed by atoms with Gasteiger partial charge in [-0.15, -0.1) is 0 Å².